The minimum atomic E-state index is 0.595. The SMILES string of the molecule is Cc1cc(C)c2c(N)c3c(nc2c1)CCOC3. The lowest BCUT2D eigenvalue weighted by Crippen LogP contribution is -2.14. The average Bonchev–Trinajstić information content (AvgIpc) is 2.28. The van der Waals surface area contributed by atoms with Gasteiger partial charge in [0.05, 0.1) is 24.4 Å². The van der Waals surface area contributed by atoms with Gasteiger partial charge in [0.2, 0.25) is 0 Å². The number of benzene rings is 1. The van der Waals surface area contributed by atoms with Crippen molar-refractivity contribution in [2.24, 2.45) is 0 Å². The first-order valence-electron chi connectivity index (χ1n) is 5.93. The Kier molecular flexibility index (Phi) is 2.30. The van der Waals surface area contributed by atoms with Gasteiger partial charge < -0.3 is 10.5 Å². The van der Waals surface area contributed by atoms with Crippen molar-refractivity contribution >= 4 is 16.6 Å². The molecule has 88 valence electrons. The molecule has 1 aromatic carbocycles. The van der Waals surface area contributed by atoms with E-state index >= 15 is 0 Å². The fourth-order valence-electron chi connectivity index (χ4n) is 2.61. The minimum Gasteiger partial charge on any atom is -0.398 e. The second-order valence-corrected chi connectivity index (χ2v) is 4.73. The summed E-state index contributed by atoms with van der Waals surface area (Å²) in [5.74, 6) is 0. The molecule has 0 saturated heterocycles. The van der Waals surface area contributed by atoms with E-state index in [9.17, 15) is 0 Å². The lowest BCUT2D eigenvalue weighted by Gasteiger charge is -2.20. The molecule has 0 atom stereocenters. The van der Waals surface area contributed by atoms with Gasteiger partial charge >= 0.3 is 0 Å². The second-order valence-electron chi connectivity index (χ2n) is 4.73. The van der Waals surface area contributed by atoms with Crippen LogP contribution in [0.5, 0.6) is 0 Å². The highest BCUT2D eigenvalue weighted by molar-refractivity contribution is 5.95. The molecule has 2 aromatic rings. The Morgan fingerprint density at radius 3 is 2.94 bits per heavy atom. The van der Waals surface area contributed by atoms with Crippen LogP contribution in [0.4, 0.5) is 5.69 Å². The summed E-state index contributed by atoms with van der Waals surface area (Å²) in [4.78, 5) is 4.74. The van der Waals surface area contributed by atoms with Crippen LogP contribution in [0.1, 0.15) is 22.4 Å². The molecular formula is C14H16N2O. The second kappa shape index (κ2) is 3.70. The number of nitrogens with two attached hydrogens (primary N) is 1. The normalized spacial score (nSPS) is 14.9. The molecule has 1 aliphatic heterocycles. The first-order chi connectivity index (χ1) is 8.16. The van der Waals surface area contributed by atoms with Crippen molar-refractivity contribution in [3.05, 3.63) is 34.5 Å². The van der Waals surface area contributed by atoms with E-state index in [4.69, 9.17) is 15.5 Å². The molecule has 0 aliphatic carbocycles. The van der Waals surface area contributed by atoms with E-state index < -0.39 is 0 Å². The number of hydrogen-bond donors (Lipinski definition) is 1. The lowest BCUT2D eigenvalue weighted by atomic mass is 9.99. The van der Waals surface area contributed by atoms with Gasteiger partial charge in [0.1, 0.15) is 0 Å². The summed E-state index contributed by atoms with van der Waals surface area (Å²) in [5, 5.41) is 1.08. The van der Waals surface area contributed by atoms with Gasteiger partial charge in [-0.25, -0.2) is 0 Å². The third-order valence-corrected chi connectivity index (χ3v) is 3.39. The first-order valence-corrected chi connectivity index (χ1v) is 5.93. The van der Waals surface area contributed by atoms with Crippen LogP contribution in [0, 0.1) is 13.8 Å². The molecule has 0 radical (unpaired) electrons. The molecule has 0 fully saturated rings. The highest BCUT2D eigenvalue weighted by atomic mass is 16.5. The Bertz CT molecular complexity index is 605. The molecule has 3 rings (SSSR count). The Morgan fingerprint density at radius 1 is 1.29 bits per heavy atom. The van der Waals surface area contributed by atoms with E-state index in [1.165, 1.54) is 11.1 Å². The maximum Gasteiger partial charge on any atom is 0.0755 e. The summed E-state index contributed by atoms with van der Waals surface area (Å²) in [5.41, 5.74) is 12.7. The molecule has 2 heterocycles. The van der Waals surface area contributed by atoms with Gasteiger partial charge in [0, 0.05) is 23.1 Å². The van der Waals surface area contributed by atoms with Gasteiger partial charge in [-0.15, -0.1) is 0 Å². The van der Waals surface area contributed by atoms with Crippen LogP contribution in [0.15, 0.2) is 12.1 Å². The summed E-state index contributed by atoms with van der Waals surface area (Å²) in [6.45, 7) is 5.52. The number of aromatic nitrogens is 1. The molecule has 3 nitrogen and oxygen atoms in total. The van der Waals surface area contributed by atoms with Crippen molar-refractivity contribution in [3.63, 3.8) is 0 Å². The number of hydrogen-bond acceptors (Lipinski definition) is 3. The zero-order valence-corrected chi connectivity index (χ0v) is 10.2. The number of aryl methyl sites for hydroxylation is 2. The minimum absolute atomic E-state index is 0.595. The zero-order chi connectivity index (χ0) is 12.0. The van der Waals surface area contributed by atoms with Crippen molar-refractivity contribution in [3.8, 4) is 0 Å². The number of anilines is 1. The number of fused-ring (bicyclic) bond motifs is 2. The van der Waals surface area contributed by atoms with Gasteiger partial charge in [-0.1, -0.05) is 6.07 Å². The Morgan fingerprint density at radius 2 is 2.12 bits per heavy atom. The van der Waals surface area contributed by atoms with E-state index in [0.717, 1.165) is 40.9 Å². The summed E-state index contributed by atoms with van der Waals surface area (Å²) in [7, 11) is 0. The van der Waals surface area contributed by atoms with E-state index in [-0.39, 0.29) is 0 Å². The van der Waals surface area contributed by atoms with Crippen LogP contribution >= 0.6 is 0 Å². The van der Waals surface area contributed by atoms with E-state index in [2.05, 4.69) is 26.0 Å². The molecule has 1 aliphatic rings. The predicted molar refractivity (Wildman–Crippen MR) is 69.0 cm³/mol. The summed E-state index contributed by atoms with van der Waals surface area (Å²) in [6, 6.07) is 4.25. The lowest BCUT2D eigenvalue weighted by molar-refractivity contribution is 0.110. The van der Waals surface area contributed by atoms with Gasteiger partial charge in [-0.05, 0) is 31.0 Å². The molecule has 0 saturated carbocycles. The molecule has 0 bridgehead atoms. The standard InChI is InChI=1S/C14H16N2O/c1-8-5-9(2)13-12(6-8)16-11-3-4-17-7-10(11)14(13)15/h5-6H,3-4,7H2,1-2H3,(H2,15,16). The van der Waals surface area contributed by atoms with Crippen molar-refractivity contribution in [2.45, 2.75) is 26.9 Å². The van der Waals surface area contributed by atoms with E-state index in [1.54, 1.807) is 0 Å². The molecule has 0 spiro atoms. The Labute approximate surface area is 101 Å². The van der Waals surface area contributed by atoms with Crippen molar-refractivity contribution in [1.29, 1.82) is 0 Å². The molecule has 2 N–H and O–H groups in total. The van der Waals surface area contributed by atoms with Crippen LogP contribution < -0.4 is 5.73 Å². The Balaban J connectivity index is 2.40. The predicted octanol–water partition coefficient (Wildman–Crippen LogP) is 2.51. The molecule has 17 heavy (non-hydrogen) atoms. The average molecular weight is 228 g/mol. The maximum absolute atomic E-state index is 6.27. The zero-order valence-electron chi connectivity index (χ0n) is 10.2. The number of ether oxygens (including phenoxy) is 1. The van der Waals surface area contributed by atoms with Gasteiger partial charge in [0.25, 0.3) is 0 Å². The summed E-state index contributed by atoms with van der Waals surface area (Å²) >= 11 is 0. The number of nitrogens with zero attached hydrogens (tertiary/aromatic N) is 1. The highest BCUT2D eigenvalue weighted by Crippen LogP contribution is 2.31. The number of rotatable bonds is 0. The fourth-order valence-corrected chi connectivity index (χ4v) is 2.61. The molecule has 3 heteroatoms. The van der Waals surface area contributed by atoms with E-state index in [1.807, 2.05) is 0 Å². The van der Waals surface area contributed by atoms with Crippen molar-refractivity contribution < 1.29 is 4.74 Å². The third-order valence-electron chi connectivity index (χ3n) is 3.39. The van der Waals surface area contributed by atoms with Crippen LogP contribution in [-0.4, -0.2) is 11.6 Å². The van der Waals surface area contributed by atoms with Gasteiger partial charge in [0.15, 0.2) is 0 Å². The van der Waals surface area contributed by atoms with Gasteiger partial charge in [-0.2, -0.15) is 0 Å². The number of pyridine rings is 1. The first kappa shape index (κ1) is 10.5. The largest absolute Gasteiger partial charge is 0.398 e. The fraction of sp³-hybridized carbons (Fsp3) is 0.357. The van der Waals surface area contributed by atoms with Crippen LogP contribution in [0.25, 0.3) is 10.9 Å². The summed E-state index contributed by atoms with van der Waals surface area (Å²) in [6.07, 6.45) is 0.864. The molecule has 0 amide bonds. The quantitative estimate of drug-likeness (QED) is 0.753. The van der Waals surface area contributed by atoms with Crippen LogP contribution in [0.3, 0.4) is 0 Å². The molecule has 0 unspecified atom stereocenters. The highest BCUT2D eigenvalue weighted by Gasteiger charge is 2.17. The van der Waals surface area contributed by atoms with Crippen molar-refractivity contribution in [2.75, 3.05) is 12.3 Å². The maximum atomic E-state index is 6.27. The van der Waals surface area contributed by atoms with Crippen molar-refractivity contribution in [1.82, 2.24) is 4.98 Å². The van der Waals surface area contributed by atoms with Crippen LogP contribution in [-0.2, 0) is 17.8 Å². The molecular weight excluding hydrogens is 212 g/mol. The Hall–Kier alpha value is -1.61. The van der Waals surface area contributed by atoms with Crippen LogP contribution in [0.2, 0.25) is 0 Å². The smallest absolute Gasteiger partial charge is 0.0755 e. The monoisotopic (exact) mass is 228 g/mol. The number of nitrogen functional groups attached to an aromatic ring is 1. The summed E-state index contributed by atoms with van der Waals surface area (Å²) < 4.78 is 5.47. The molecule has 1 aromatic heterocycles. The van der Waals surface area contributed by atoms with E-state index in [0.29, 0.717) is 6.61 Å². The van der Waals surface area contributed by atoms with Gasteiger partial charge in [-0.3, -0.25) is 4.98 Å². The topological polar surface area (TPSA) is 48.1 Å². The third kappa shape index (κ3) is 1.58.